The molecule has 0 radical (unpaired) electrons. The first kappa shape index (κ1) is 15.7. The Morgan fingerprint density at radius 2 is 1.84 bits per heavy atom. The van der Waals surface area contributed by atoms with Gasteiger partial charge in [-0.05, 0) is 36.1 Å². The van der Waals surface area contributed by atoms with E-state index in [4.69, 9.17) is 4.42 Å². The van der Waals surface area contributed by atoms with Crippen LogP contribution >= 0.6 is 11.3 Å². The molecule has 0 unspecified atom stereocenters. The Labute approximate surface area is 149 Å². The molecule has 1 amide bonds. The Morgan fingerprint density at radius 3 is 2.56 bits per heavy atom. The minimum atomic E-state index is -0.213. The number of benzene rings is 2. The van der Waals surface area contributed by atoms with E-state index in [9.17, 15) is 4.79 Å². The molecule has 2 aromatic heterocycles. The van der Waals surface area contributed by atoms with E-state index in [0.717, 1.165) is 21.4 Å². The summed E-state index contributed by atoms with van der Waals surface area (Å²) in [4.78, 5) is 13.9. The Hall–Kier alpha value is -2.85. The van der Waals surface area contributed by atoms with E-state index in [1.807, 2.05) is 41.8 Å². The van der Waals surface area contributed by atoms with Crippen LogP contribution in [-0.2, 0) is 0 Å². The van der Waals surface area contributed by atoms with Crippen molar-refractivity contribution in [2.24, 2.45) is 0 Å². The number of rotatable bonds is 4. The van der Waals surface area contributed by atoms with E-state index < -0.39 is 0 Å². The summed E-state index contributed by atoms with van der Waals surface area (Å²) < 4.78 is 5.69. The predicted molar refractivity (Wildman–Crippen MR) is 101 cm³/mol. The largest absolute Gasteiger partial charge is 0.451 e. The lowest BCUT2D eigenvalue weighted by Gasteiger charge is -2.17. The van der Waals surface area contributed by atoms with Gasteiger partial charge in [-0.15, -0.1) is 11.3 Å². The second-order valence-electron chi connectivity index (χ2n) is 5.98. The second kappa shape index (κ2) is 6.57. The third kappa shape index (κ3) is 3.21. The molecule has 0 saturated heterocycles. The summed E-state index contributed by atoms with van der Waals surface area (Å²) in [6, 6.07) is 21.5. The molecular formula is C21H17NO2S. The second-order valence-corrected chi connectivity index (χ2v) is 6.96. The minimum Gasteiger partial charge on any atom is -0.451 e. The molecule has 2 aromatic carbocycles. The minimum absolute atomic E-state index is 0.193. The summed E-state index contributed by atoms with van der Waals surface area (Å²) in [6.45, 7) is 2.05. The van der Waals surface area contributed by atoms with Crippen molar-refractivity contribution in [3.8, 4) is 0 Å². The number of carbonyl (C=O) groups is 1. The number of thiophene rings is 1. The smallest absolute Gasteiger partial charge is 0.287 e. The van der Waals surface area contributed by atoms with E-state index in [1.165, 1.54) is 5.56 Å². The van der Waals surface area contributed by atoms with Crippen molar-refractivity contribution in [3.63, 3.8) is 0 Å². The first-order valence-corrected chi connectivity index (χ1v) is 8.98. The van der Waals surface area contributed by atoms with Crippen molar-refractivity contribution in [1.82, 2.24) is 5.32 Å². The van der Waals surface area contributed by atoms with Crippen molar-refractivity contribution in [2.75, 3.05) is 0 Å². The molecule has 124 valence electrons. The van der Waals surface area contributed by atoms with Gasteiger partial charge in [-0.25, -0.2) is 0 Å². The van der Waals surface area contributed by atoms with Crippen molar-refractivity contribution < 1.29 is 9.21 Å². The van der Waals surface area contributed by atoms with Crippen molar-refractivity contribution >= 4 is 28.2 Å². The van der Waals surface area contributed by atoms with E-state index in [1.54, 1.807) is 17.4 Å². The highest BCUT2D eigenvalue weighted by molar-refractivity contribution is 7.10. The van der Waals surface area contributed by atoms with Crippen LogP contribution in [0.2, 0.25) is 0 Å². The normalized spacial score (nSPS) is 12.2. The summed E-state index contributed by atoms with van der Waals surface area (Å²) in [7, 11) is 0. The van der Waals surface area contributed by atoms with Gasteiger partial charge in [0.25, 0.3) is 5.91 Å². The average Bonchev–Trinajstić information content (AvgIpc) is 3.30. The fourth-order valence-corrected chi connectivity index (χ4v) is 3.63. The first-order chi connectivity index (χ1) is 12.2. The lowest BCUT2D eigenvalue weighted by molar-refractivity contribution is 0.0918. The fourth-order valence-electron chi connectivity index (χ4n) is 2.83. The zero-order valence-electron chi connectivity index (χ0n) is 13.7. The van der Waals surface area contributed by atoms with Crippen LogP contribution in [-0.4, -0.2) is 5.91 Å². The number of nitrogens with one attached hydrogen (secondary N) is 1. The maximum Gasteiger partial charge on any atom is 0.287 e. The number of para-hydroxylation sites is 1. The van der Waals surface area contributed by atoms with Gasteiger partial charge in [0.05, 0.1) is 6.04 Å². The van der Waals surface area contributed by atoms with Gasteiger partial charge in [-0.1, -0.05) is 54.1 Å². The highest BCUT2D eigenvalue weighted by Crippen LogP contribution is 2.27. The molecule has 1 N–H and O–H groups in total. The number of amides is 1. The van der Waals surface area contributed by atoms with Gasteiger partial charge >= 0.3 is 0 Å². The van der Waals surface area contributed by atoms with Gasteiger partial charge in [0, 0.05) is 10.3 Å². The molecule has 2 heterocycles. The quantitative estimate of drug-likeness (QED) is 0.543. The maximum absolute atomic E-state index is 12.8. The Balaban J connectivity index is 1.66. The molecule has 3 nitrogen and oxygen atoms in total. The molecule has 0 saturated carbocycles. The average molecular weight is 347 g/mol. The number of fused-ring (bicyclic) bond motifs is 1. The van der Waals surface area contributed by atoms with Crippen LogP contribution in [0.3, 0.4) is 0 Å². The van der Waals surface area contributed by atoms with Crippen LogP contribution in [0.5, 0.6) is 0 Å². The zero-order chi connectivity index (χ0) is 17.2. The highest BCUT2D eigenvalue weighted by Gasteiger charge is 2.21. The van der Waals surface area contributed by atoms with E-state index in [2.05, 4.69) is 36.5 Å². The Bertz CT molecular complexity index is 967. The van der Waals surface area contributed by atoms with Crippen LogP contribution in [0, 0.1) is 6.92 Å². The van der Waals surface area contributed by atoms with Crippen molar-refractivity contribution in [1.29, 1.82) is 0 Å². The number of hydrogen-bond donors (Lipinski definition) is 1. The SMILES string of the molecule is Cc1ccc([C@H](NC(=O)c2cc3ccccc3o2)c2cccs2)cc1. The van der Waals surface area contributed by atoms with Crippen LogP contribution in [0.4, 0.5) is 0 Å². The van der Waals surface area contributed by atoms with E-state index in [-0.39, 0.29) is 11.9 Å². The first-order valence-electron chi connectivity index (χ1n) is 8.10. The molecule has 0 aliphatic carbocycles. The predicted octanol–water partition coefficient (Wildman–Crippen LogP) is 5.32. The van der Waals surface area contributed by atoms with Crippen LogP contribution in [0.25, 0.3) is 11.0 Å². The molecule has 0 fully saturated rings. The molecule has 4 rings (SSSR count). The number of carbonyl (C=O) groups excluding carboxylic acids is 1. The molecule has 1 atom stereocenters. The fraction of sp³-hybridized carbons (Fsp3) is 0.0952. The summed E-state index contributed by atoms with van der Waals surface area (Å²) in [5.74, 6) is 0.116. The van der Waals surface area contributed by atoms with Gasteiger partial charge < -0.3 is 9.73 Å². The Kier molecular flexibility index (Phi) is 4.12. The van der Waals surface area contributed by atoms with Gasteiger partial charge in [0.2, 0.25) is 0 Å². The Morgan fingerprint density at radius 1 is 1.04 bits per heavy atom. The summed E-state index contributed by atoms with van der Waals surface area (Å²) >= 11 is 1.63. The van der Waals surface area contributed by atoms with E-state index >= 15 is 0 Å². The number of aryl methyl sites for hydroxylation is 1. The van der Waals surface area contributed by atoms with Gasteiger partial charge in [0.1, 0.15) is 5.58 Å². The number of furan rings is 1. The van der Waals surface area contributed by atoms with Gasteiger partial charge in [0.15, 0.2) is 5.76 Å². The molecule has 0 spiro atoms. The molecule has 25 heavy (non-hydrogen) atoms. The zero-order valence-corrected chi connectivity index (χ0v) is 14.5. The monoisotopic (exact) mass is 347 g/mol. The number of hydrogen-bond acceptors (Lipinski definition) is 3. The molecule has 4 aromatic rings. The molecule has 0 aliphatic rings. The maximum atomic E-state index is 12.8. The summed E-state index contributed by atoms with van der Waals surface area (Å²) in [5.41, 5.74) is 2.96. The lowest BCUT2D eigenvalue weighted by Crippen LogP contribution is -2.28. The molecular weight excluding hydrogens is 330 g/mol. The van der Waals surface area contributed by atoms with Crippen LogP contribution in [0.15, 0.2) is 76.5 Å². The van der Waals surface area contributed by atoms with Crippen molar-refractivity contribution in [2.45, 2.75) is 13.0 Å². The highest BCUT2D eigenvalue weighted by atomic mass is 32.1. The third-order valence-corrected chi connectivity index (χ3v) is 5.10. The van der Waals surface area contributed by atoms with E-state index in [0.29, 0.717) is 5.76 Å². The molecule has 0 bridgehead atoms. The third-order valence-electron chi connectivity index (χ3n) is 4.16. The van der Waals surface area contributed by atoms with Crippen LogP contribution < -0.4 is 5.32 Å². The van der Waals surface area contributed by atoms with Gasteiger partial charge in [-0.3, -0.25) is 4.79 Å². The molecule has 4 heteroatoms. The van der Waals surface area contributed by atoms with Crippen molar-refractivity contribution in [3.05, 3.63) is 93.9 Å². The molecule has 0 aliphatic heterocycles. The summed E-state index contributed by atoms with van der Waals surface area (Å²) in [5, 5.41) is 6.05. The lowest BCUT2D eigenvalue weighted by atomic mass is 10.0. The standard InChI is InChI=1S/C21H17NO2S/c1-14-8-10-15(11-9-14)20(19-7-4-12-25-19)22-21(23)18-13-16-5-2-3-6-17(16)24-18/h2-13,20H,1H3,(H,22,23)/t20-/m0/s1. The van der Waals surface area contributed by atoms with Gasteiger partial charge in [-0.2, -0.15) is 0 Å². The topological polar surface area (TPSA) is 42.2 Å². The van der Waals surface area contributed by atoms with Crippen LogP contribution in [0.1, 0.15) is 32.6 Å². The summed E-state index contributed by atoms with van der Waals surface area (Å²) in [6.07, 6.45) is 0.